The first-order chi connectivity index (χ1) is 12.9. The van der Waals surface area contributed by atoms with Crippen LogP contribution in [0.25, 0.3) is 0 Å². The van der Waals surface area contributed by atoms with Crippen molar-refractivity contribution in [2.24, 2.45) is 0 Å². The van der Waals surface area contributed by atoms with Crippen molar-refractivity contribution in [3.63, 3.8) is 0 Å². The molecule has 0 aromatic heterocycles. The van der Waals surface area contributed by atoms with Gasteiger partial charge in [-0.1, -0.05) is 28.6 Å². The molecule has 7 heteroatoms. The number of nitrogens with one attached hydrogen (secondary N) is 2. The highest BCUT2D eigenvalue weighted by atomic mass is 79.9. The van der Waals surface area contributed by atoms with Crippen LogP contribution in [0.1, 0.15) is 24.2 Å². The Bertz CT molecular complexity index is 822. The van der Waals surface area contributed by atoms with Gasteiger partial charge < -0.3 is 14.8 Å². The summed E-state index contributed by atoms with van der Waals surface area (Å²) in [6.45, 7) is 7.85. The van der Waals surface area contributed by atoms with Crippen molar-refractivity contribution in [2.75, 3.05) is 11.9 Å². The quantitative estimate of drug-likeness (QED) is 0.464. The van der Waals surface area contributed by atoms with E-state index in [4.69, 9.17) is 21.7 Å². The highest BCUT2D eigenvalue weighted by Gasteiger charge is 2.15. The van der Waals surface area contributed by atoms with Gasteiger partial charge in [0.25, 0.3) is 5.91 Å². The van der Waals surface area contributed by atoms with E-state index >= 15 is 0 Å². The molecule has 0 atom stereocenters. The molecule has 1 amide bonds. The second-order valence-corrected chi connectivity index (χ2v) is 7.16. The number of thiocarbonyl (C=S) groups is 1. The van der Waals surface area contributed by atoms with Crippen molar-refractivity contribution in [2.45, 2.75) is 20.0 Å². The Morgan fingerprint density at radius 2 is 1.96 bits per heavy atom. The van der Waals surface area contributed by atoms with E-state index < -0.39 is 0 Å². The molecule has 27 heavy (non-hydrogen) atoms. The highest BCUT2D eigenvalue weighted by molar-refractivity contribution is 9.10. The van der Waals surface area contributed by atoms with Gasteiger partial charge in [-0.2, -0.15) is 0 Å². The zero-order valence-corrected chi connectivity index (χ0v) is 17.5. The fraction of sp³-hybridized carbons (Fsp3) is 0.200. The summed E-state index contributed by atoms with van der Waals surface area (Å²) in [6, 6.07) is 12.5. The van der Waals surface area contributed by atoms with E-state index in [2.05, 4.69) is 33.1 Å². The maximum Gasteiger partial charge on any atom is 0.261 e. The molecule has 0 spiro atoms. The van der Waals surface area contributed by atoms with Gasteiger partial charge in [0.2, 0.25) is 0 Å². The van der Waals surface area contributed by atoms with E-state index in [1.54, 1.807) is 30.3 Å². The average Bonchev–Trinajstić information content (AvgIpc) is 2.62. The molecule has 2 aromatic rings. The predicted octanol–water partition coefficient (Wildman–Crippen LogP) is 4.93. The fourth-order valence-electron chi connectivity index (χ4n) is 2.16. The Kier molecular flexibility index (Phi) is 7.82. The number of anilines is 1. The molecule has 0 bridgehead atoms. The molecular formula is C20H21BrN2O3S. The summed E-state index contributed by atoms with van der Waals surface area (Å²) in [5.41, 5.74) is 1.13. The highest BCUT2D eigenvalue weighted by Crippen LogP contribution is 2.24. The molecule has 0 aliphatic heterocycles. The Hall–Kier alpha value is -2.38. The lowest BCUT2D eigenvalue weighted by molar-refractivity contribution is 0.0972. The third-order valence-electron chi connectivity index (χ3n) is 3.26. The van der Waals surface area contributed by atoms with Crippen molar-refractivity contribution < 1.29 is 14.3 Å². The summed E-state index contributed by atoms with van der Waals surface area (Å²) in [7, 11) is 0. The maximum atomic E-state index is 12.6. The summed E-state index contributed by atoms with van der Waals surface area (Å²) in [5, 5.41) is 5.83. The molecule has 2 N–H and O–H groups in total. The van der Waals surface area contributed by atoms with Crippen LogP contribution < -0.4 is 20.1 Å². The second-order valence-electron chi connectivity index (χ2n) is 5.84. The number of hydrogen-bond donors (Lipinski definition) is 2. The minimum Gasteiger partial charge on any atom is -0.490 e. The van der Waals surface area contributed by atoms with Crippen molar-refractivity contribution in [1.82, 2.24) is 5.32 Å². The van der Waals surface area contributed by atoms with Crippen molar-refractivity contribution in [3.8, 4) is 11.5 Å². The van der Waals surface area contributed by atoms with Gasteiger partial charge in [0, 0.05) is 10.2 Å². The van der Waals surface area contributed by atoms with Gasteiger partial charge in [-0.3, -0.25) is 10.1 Å². The van der Waals surface area contributed by atoms with Crippen molar-refractivity contribution >= 4 is 44.9 Å². The van der Waals surface area contributed by atoms with Crippen LogP contribution in [0.3, 0.4) is 0 Å². The van der Waals surface area contributed by atoms with Gasteiger partial charge in [-0.25, -0.2) is 0 Å². The van der Waals surface area contributed by atoms with Gasteiger partial charge in [0.05, 0.1) is 11.7 Å². The fourth-order valence-corrected chi connectivity index (χ4v) is 2.73. The lowest BCUT2D eigenvalue weighted by atomic mass is 10.2. The van der Waals surface area contributed by atoms with Gasteiger partial charge in [0.1, 0.15) is 18.1 Å². The van der Waals surface area contributed by atoms with Crippen LogP contribution in [0.4, 0.5) is 5.69 Å². The summed E-state index contributed by atoms with van der Waals surface area (Å²) in [5.74, 6) is 0.868. The summed E-state index contributed by atoms with van der Waals surface area (Å²) in [6.07, 6.45) is 1.63. The number of hydrogen-bond acceptors (Lipinski definition) is 4. The summed E-state index contributed by atoms with van der Waals surface area (Å²) >= 11 is 8.61. The first-order valence-corrected chi connectivity index (χ1v) is 9.51. The molecule has 0 heterocycles. The van der Waals surface area contributed by atoms with Gasteiger partial charge in [-0.15, -0.1) is 0 Å². The molecule has 0 fully saturated rings. The predicted molar refractivity (Wildman–Crippen MR) is 116 cm³/mol. The van der Waals surface area contributed by atoms with Gasteiger partial charge in [0.15, 0.2) is 5.11 Å². The maximum absolute atomic E-state index is 12.6. The lowest BCUT2D eigenvalue weighted by Gasteiger charge is -2.15. The molecule has 2 aromatic carbocycles. The number of benzene rings is 2. The molecule has 0 saturated carbocycles. The molecule has 2 rings (SSSR count). The monoisotopic (exact) mass is 448 g/mol. The minimum atomic E-state index is -0.351. The normalized spacial score (nSPS) is 10.2. The number of ether oxygens (including phenoxy) is 2. The number of carbonyl (C=O) groups excluding carboxylic acids is 1. The Labute approximate surface area is 172 Å². The molecule has 0 aliphatic carbocycles. The molecule has 5 nitrogen and oxygen atoms in total. The largest absolute Gasteiger partial charge is 0.490 e. The van der Waals surface area contributed by atoms with E-state index in [1.165, 1.54) is 0 Å². The Morgan fingerprint density at radius 1 is 1.26 bits per heavy atom. The zero-order valence-electron chi connectivity index (χ0n) is 15.1. The molecule has 0 saturated heterocycles. The van der Waals surface area contributed by atoms with Crippen LogP contribution in [0.2, 0.25) is 0 Å². The van der Waals surface area contributed by atoms with Crippen molar-refractivity contribution in [3.05, 3.63) is 65.2 Å². The number of amides is 1. The van der Waals surface area contributed by atoms with Crippen LogP contribution in [0.15, 0.2) is 59.6 Å². The molecular weight excluding hydrogens is 428 g/mol. The van der Waals surface area contributed by atoms with Crippen LogP contribution in [0, 0.1) is 0 Å². The first-order valence-electron chi connectivity index (χ1n) is 8.31. The molecule has 0 aliphatic rings. The Balaban J connectivity index is 2.02. The van der Waals surface area contributed by atoms with E-state index in [-0.39, 0.29) is 17.1 Å². The number of rotatable bonds is 7. The van der Waals surface area contributed by atoms with Gasteiger partial charge in [-0.05, 0) is 68.5 Å². The lowest BCUT2D eigenvalue weighted by Crippen LogP contribution is -2.34. The topological polar surface area (TPSA) is 59.6 Å². The van der Waals surface area contributed by atoms with E-state index in [0.29, 0.717) is 17.9 Å². The molecule has 0 unspecified atom stereocenters. The third kappa shape index (κ3) is 6.69. The zero-order chi connectivity index (χ0) is 19.8. The minimum absolute atomic E-state index is 0.0513. The molecule has 142 valence electrons. The van der Waals surface area contributed by atoms with Crippen LogP contribution in [0.5, 0.6) is 11.5 Å². The second kappa shape index (κ2) is 10.1. The molecule has 0 radical (unpaired) electrons. The number of halogens is 1. The standard InChI is InChI=1S/C20H21BrN2O3S/c1-4-11-25-16-8-6-15(7-9-16)22-20(27)23-19(24)17-12-14(21)5-10-18(17)26-13(2)3/h4-10,12-13H,1,11H2,2-3H3,(H2,22,23,24,27). The third-order valence-corrected chi connectivity index (χ3v) is 3.95. The Morgan fingerprint density at radius 3 is 2.59 bits per heavy atom. The first kappa shape index (κ1) is 20.9. The van der Waals surface area contributed by atoms with Crippen LogP contribution in [-0.2, 0) is 0 Å². The van der Waals surface area contributed by atoms with Crippen LogP contribution >= 0.6 is 28.1 Å². The number of carbonyl (C=O) groups is 1. The van der Waals surface area contributed by atoms with Crippen LogP contribution in [-0.4, -0.2) is 23.7 Å². The smallest absolute Gasteiger partial charge is 0.261 e. The SMILES string of the molecule is C=CCOc1ccc(NC(=S)NC(=O)c2cc(Br)ccc2OC(C)C)cc1. The summed E-state index contributed by atoms with van der Waals surface area (Å²) in [4.78, 5) is 12.6. The van der Waals surface area contributed by atoms with E-state index in [9.17, 15) is 4.79 Å². The summed E-state index contributed by atoms with van der Waals surface area (Å²) < 4.78 is 11.9. The van der Waals surface area contributed by atoms with E-state index in [1.807, 2.05) is 32.0 Å². The van der Waals surface area contributed by atoms with Crippen molar-refractivity contribution in [1.29, 1.82) is 0 Å². The van der Waals surface area contributed by atoms with Gasteiger partial charge >= 0.3 is 0 Å². The average molecular weight is 449 g/mol. The van der Waals surface area contributed by atoms with E-state index in [0.717, 1.165) is 15.9 Å².